The maximum absolute atomic E-state index is 13.1. The number of carbonyl (C=O) groups excluding carboxylic acids is 1. The van der Waals surface area contributed by atoms with Crippen LogP contribution in [0.4, 0.5) is 9.93 Å². The van der Waals surface area contributed by atoms with Crippen LogP contribution in [0.2, 0.25) is 0 Å². The Balaban J connectivity index is 1.66. The van der Waals surface area contributed by atoms with E-state index in [1.807, 2.05) is 0 Å². The van der Waals surface area contributed by atoms with Crippen LogP contribution in [-0.2, 0) is 4.79 Å². The van der Waals surface area contributed by atoms with Gasteiger partial charge in [0.05, 0.1) is 10.4 Å². The fourth-order valence-electron chi connectivity index (χ4n) is 4.10. The molecule has 6 nitrogen and oxygen atoms in total. The lowest BCUT2D eigenvalue weighted by molar-refractivity contribution is -0.136. The number of rotatable bonds is 6. The van der Waals surface area contributed by atoms with E-state index in [0.29, 0.717) is 17.2 Å². The first kappa shape index (κ1) is 20.5. The van der Waals surface area contributed by atoms with Crippen molar-refractivity contribution in [3.63, 3.8) is 0 Å². The fraction of sp³-hybridized carbons (Fsp3) is 0.737. The quantitative estimate of drug-likeness (QED) is 0.628. The first-order chi connectivity index (χ1) is 13.0. The average molecular weight is 412 g/mol. The molecule has 2 N–H and O–H groups in total. The maximum Gasteiger partial charge on any atom is 0.324 e. The van der Waals surface area contributed by atoms with Crippen molar-refractivity contribution in [1.82, 2.24) is 9.88 Å². The van der Waals surface area contributed by atoms with E-state index in [1.165, 1.54) is 61.6 Å². The van der Waals surface area contributed by atoms with E-state index in [2.05, 4.69) is 15.2 Å². The highest BCUT2D eigenvalue weighted by atomic mass is 32.2. The second kappa shape index (κ2) is 9.78. The molecule has 0 saturated heterocycles. The number of nitrogens with one attached hydrogen (secondary N) is 1. The number of carboxylic acids is 1. The molecule has 3 rings (SSSR count). The number of anilines is 1. The molecule has 1 aromatic rings. The summed E-state index contributed by atoms with van der Waals surface area (Å²) >= 11 is 2.60. The van der Waals surface area contributed by atoms with Crippen LogP contribution in [0.1, 0.15) is 71.1 Å². The zero-order valence-corrected chi connectivity index (χ0v) is 17.5. The maximum atomic E-state index is 13.1. The molecule has 1 aromatic heterocycles. The SMILES string of the molecule is CC(Sc1cnc(NC(=O)N(C2CCCCC2)C2CCCCC2)s1)C(=O)O. The van der Waals surface area contributed by atoms with E-state index >= 15 is 0 Å². The average Bonchev–Trinajstić information content (AvgIpc) is 3.10. The summed E-state index contributed by atoms with van der Waals surface area (Å²) in [4.78, 5) is 30.6. The Bertz CT molecular complexity index is 622. The van der Waals surface area contributed by atoms with E-state index in [0.717, 1.165) is 29.9 Å². The Kier molecular flexibility index (Phi) is 7.41. The minimum Gasteiger partial charge on any atom is -0.480 e. The van der Waals surface area contributed by atoms with Crippen LogP contribution in [0.15, 0.2) is 10.4 Å². The van der Waals surface area contributed by atoms with Crippen LogP contribution >= 0.6 is 23.1 Å². The molecule has 0 aromatic carbocycles. The Labute approximate surface area is 169 Å². The predicted octanol–water partition coefficient (Wildman–Crippen LogP) is 5.21. The van der Waals surface area contributed by atoms with Gasteiger partial charge in [-0.15, -0.1) is 0 Å². The van der Waals surface area contributed by atoms with E-state index < -0.39 is 11.2 Å². The molecule has 1 heterocycles. The highest BCUT2D eigenvalue weighted by Crippen LogP contribution is 2.33. The van der Waals surface area contributed by atoms with Crippen molar-refractivity contribution in [3.8, 4) is 0 Å². The summed E-state index contributed by atoms with van der Waals surface area (Å²) in [5.41, 5.74) is 0. The predicted molar refractivity (Wildman–Crippen MR) is 110 cm³/mol. The number of hydrogen-bond donors (Lipinski definition) is 2. The first-order valence-corrected chi connectivity index (χ1v) is 11.7. The van der Waals surface area contributed by atoms with Crippen LogP contribution in [0.5, 0.6) is 0 Å². The van der Waals surface area contributed by atoms with Gasteiger partial charge in [0, 0.05) is 12.1 Å². The second-order valence-corrected chi connectivity index (χ2v) is 10.2. The molecule has 0 radical (unpaired) electrons. The molecular formula is C19H29N3O3S2. The number of amides is 2. The van der Waals surface area contributed by atoms with Gasteiger partial charge in [0.1, 0.15) is 5.25 Å². The highest BCUT2D eigenvalue weighted by Gasteiger charge is 2.32. The van der Waals surface area contributed by atoms with Crippen LogP contribution in [0.25, 0.3) is 0 Å². The Morgan fingerprint density at radius 1 is 1.15 bits per heavy atom. The summed E-state index contributed by atoms with van der Waals surface area (Å²) in [6.45, 7) is 1.65. The number of aliphatic carboxylic acids is 1. The molecule has 27 heavy (non-hydrogen) atoms. The van der Waals surface area contributed by atoms with Gasteiger partial charge in [-0.25, -0.2) is 9.78 Å². The van der Waals surface area contributed by atoms with Gasteiger partial charge in [-0.05, 0) is 32.6 Å². The largest absolute Gasteiger partial charge is 0.480 e. The van der Waals surface area contributed by atoms with E-state index in [-0.39, 0.29) is 6.03 Å². The number of carbonyl (C=O) groups is 2. The number of carboxylic acid groups (broad SMARTS) is 1. The van der Waals surface area contributed by atoms with Crippen molar-refractivity contribution >= 4 is 40.2 Å². The van der Waals surface area contributed by atoms with Crippen molar-refractivity contribution in [2.75, 3.05) is 5.32 Å². The normalized spacial score (nSPS) is 20.2. The Morgan fingerprint density at radius 3 is 2.22 bits per heavy atom. The third-order valence-electron chi connectivity index (χ3n) is 5.51. The van der Waals surface area contributed by atoms with Crippen molar-refractivity contribution < 1.29 is 14.7 Å². The second-order valence-electron chi connectivity index (χ2n) is 7.50. The van der Waals surface area contributed by atoms with Crippen LogP contribution < -0.4 is 5.32 Å². The lowest BCUT2D eigenvalue weighted by Gasteiger charge is -2.41. The molecular weight excluding hydrogens is 382 g/mol. The molecule has 2 aliphatic carbocycles. The molecule has 0 spiro atoms. The van der Waals surface area contributed by atoms with E-state index in [9.17, 15) is 9.59 Å². The molecule has 0 aliphatic heterocycles. The Hall–Kier alpha value is -1.28. The molecule has 0 bridgehead atoms. The molecule has 1 unspecified atom stereocenters. The molecule has 1 atom stereocenters. The summed E-state index contributed by atoms with van der Waals surface area (Å²) in [5, 5.41) is 12.1. The van der Waals surface area contributed by atoms with Gasteiger partial charge in [0.2, 0.25) is 0 Å². The van der Waals surface area contributed by atoms with Crippen molar-refractivity contribution in [2.24, 2.45) is 0 Å². The number of nitrogens with zero attached hydrogens (tertiary/aromatic N) is 2. The van der Waals surface area contributed by atoms with E-state index in [1.54, 1.807) is 13.1 Å². The van der Waals surface area contributed by atoms with Gasteiger partial charge in [-0.1, -0.05) is 61.6 Å². The van der Waals surface area contributed by atoms with Gasteiger partial charge >= 0.3 is 12.0 Å². The Morgan fingerprint density at radius 2 is 1.70 bits per heavy atom. The monoisotopic (exact) mass is 411 g/mol. The van der Waals surface area contributed by atoms with Crippen LogP contribution in [0, 0.1) is 0 Å². The molecule has 150 valence electrons. The van der Waals surface area contributed by atoms with Gasteiger partial charge in [0.15, 0.2) is 5.13 Å². The molecule has 2 amide bonds. The third kappa shape index (κ3) is 5.60. The van der Waals surface area contributed by atoms with E-state index in [4.69, 9.17) is 5.11 Å². The number of aromatic nitrogens is 1. The minimum atomic E-state index is -0.847. The lowest BCUT2D eigenvalue weighted by atomic mass is 9.89. The lowest BCUT2D eigenvalue weighted by Crippen LogP contribution is -2.50. The summed E-state index contributed by atoms with van der Waals surface area (Å²) in [6, 6.07) is 0.636. The minimum absolute atomic E-state index is 0.0361. The summed E-state index contributed by atoms with van der Waals surface area (Å²) in [5.74, 6) is -0.847. The summed E-state index contributed by atoms with van der Waals surface area (Å²) in [6.07, 6.45) is 13.4. The third-order valence-corrected chi connectivity index (χ3v) is 7.65. The molecule has 2 fully saturated rings. The first-order valence-electron chi connectivity index (χ1n) is 9.99. The standard InChI is InChI=1S/C19H29N3O3S2/c1-13(17(23)24)26-16-12-20-18(27-16)21-19(25)22(14-8-4-2-5-9-14)15-10-6-3-7-11-15/h12-15H,2-11H2,1H3,(H,23,24)(H,20,21,25). The molecule has 2 saturated carbocycles. The zero-order chi connectivity index (χ0) is 19.2. The topological polar surface area (TPSA) is 82.5 Å². The van der Waals surface area contributed by atoms with Gasteiger partial charge in [0.25, 0.3) is 0 Å². The molecule has 8 heteroatoms. The van der Waals surface area contributed by atoms with Crippen molar-refractivity contribution in [2.45, 2.75) is 92.7 Å². The van der Waals surface area contributed by atoms with Gasteiger partial charge in [-0.2, -0.15) is 0 Å². The fourth-order valence-corrected chi connectivity index (χ4v) is 6.07. The summed E-state index contributed by atoms with van der Waals surface area (Å²) in [7, 11) is 0. The highest BCUT2D eigenvalue weighted by molar-refractivity contribution is 8.02. The zero-order valence-electron chi connectivity index (χ0n) is 15.9. The molecule has 2 aliphatic rings. The number of thiazole rings is 1. The number of thioether (sulfide) groups is 1. The number of urea groups is 1. The van der Waals surface area contributed by atoms with Crippen LogP contribution in [-0.4, -0.2) is 44.3 Å². The van der Waals surface area contributed by atoms with Crippen molar-refractivity contribution in [3.05, 3.63) is 6.20 Å². The van der Waals surface area contributed by atoms with Gasteiger partial charge in [-0.3, -0.25) is 10.1 Å². The van der Waals surface area contributed by atoms with Gasteiger partial charge < -0.3 is 10.0 Å². The summed E-state index contributed by atoms with van der Waals surface area (Å²) < 4.78 is 0.807. The smallest absolute Gasteiger partial charge is 0.324 e. The van der Waals surface area contributed by atoms with Crippen molar-refractivity contribution in [1.29, 1.82) is 0 Å². The van der Waals surface area contributed by atoms with Crippen LogP contribution in [0.3, 0.4) is 0 Å². The number of hydrogen-bond acceptors (Lipinski definition) is 5.